The molecule has 1 fully saturated rings. The predicted molar refractivity (Wildman–Crippen MR) is 113 cm³/mol. The topological polar surface area (TPSA) is 110 Å². The minimum Gasteiger partial charge on any atom is -0.496 e. The molecule has 158 valence electrons. The molecule has 2 amide bonds. The Kier molecular flexibility index (Phi) is 5.09. The normalized spacial score (nSPS) is 22.9. The van der Waals surface area contributed by atoms with E-state index in [2.05, 4.69) is 22.2 Å². The molecule has 0 bridgehead atoms. The molecule has 0 saturated heterocycles. The lowest BCUT2D eigenvalue weighted by Crippen LogP contribution is -2.51. The van der Waals surface area contributed by atoms with Gasteiger partial charge in [-0.1, -0.05) is 6.92 Å². The van der Waals surface area contributed by atoms with Crippen molar-refractivity contribution >= 4 is 23.5 Å². The fourth-order valence-electron chi connectivity index (χ4n) is 4.61. The second-order valence-electron chi connectivity index (χ2n) is 8.20. The lowest BCUT2D eigenvalue weighted by atomic mass is 9.79. The number of carbonyl (C=O) groups is 2. The summed E-state index contributed by atoms with van der Waals surface area (Å²) in [6, 6.07) is 5.18. The van der Waals surface area contributed by atoms with E-state index in [0.717, 1.165) is 29.8 Å². The molecule has 1 aromatic heterocycles. The van der Waals surface area contributed by atoms with Crippen LogP contribution < -0.4 is 20.7 Å². The number of nitrogens with one attached hydrogen (secondary N) is 1. The Labute approximate surface area is 175 Å². The van der Waals surface area contributed by atoms with E-state index in [1.807, 2.05) is 17.9 Å². The third-order valence-corrected chi connectivity index (χ3v) is 6.10. The highest BCUT2D eigenvalue weighted by Crippen LogP contribution is 2.51. The average Bonchev–Trinajstić information content (AvgIpc) is 3.53. The van der Waals surface area contributed by atoms with Gasteiger partial charge in [0.05, 0.1) is 24.4 Å². The number of methoxy groups -OCH3 is 1. The molecule has 4 rings (SSSR count). The van der Waals surface area contributed by atoms with Crippen LogP contribution in [0.25, 0.3) is 0 Å². The van der Waals surface area contributed by atoms with Gasteiger partial charge in [-0.2, -0.15) is 0 Å². The van der Waals surface area contributed by atoms with Gasteiger partial charge in [0.15, 0.2) is 0 Å². The second-order valence-corrected chi connectivity index (χ2v) is 8.20. The van der Waals surface area contributed by atoms with Crippen LogP contribution in [0.1, 0.15) is 54.3 Å². The summed E-state index contributed by atoms with van der Waals surface area (Å²) in [7, 11) is 1.49. The summed E-state index contributed by atoms with van der Waals surface area (Å²) in [5, 5.41) is 3.45. The number of primary amides is 1. The van der Waals surface area contributed by atoms with Crippen LogP contribution in [0.2, 0.25) is 0 Å². The fourth-order valence-corrected chi connectivity index (χ4v) is 4.61. The Balaban J connectivity index is 1.89. The first-order chi connectivity index (χ1) is 14.3. The van der Waals surface area contributed by atoms with Gasteiger partial charge in [0.1, 0.15) is 5.75 Å². The highest BCUT2D eigenvalue weighted by molar-refractivity contribution is 5.99. The number of hydrogen-bond acceptors (Lipinski definition) is 6. The molecule has 2 unspecified atom stereocenters. The van der Waals surface area contributed by atoms with E-state index >= 15 is 0 Å². The van der Waals surface area contributed by atoms with Gasteiger partial charge in [-0.25, -0.2) is 9.97 Å². The molecule has 0 radical (unpaired) electrons. The van der Waals surface area contributed by atoms with Crippen molar-refractivity contribution in [1.82, 2.24) is 9.97 Å². The highest BCUT2D eigenvalue weighted by Gasteiger charge is 2.48. The van der Waals surface area contributed by atoms with Crippen molar-refractivity contribution in [3.8, 4) is 5.75 Å². The standard InChI is InChI=1S/C22H27N5O3/c1-11-7-8-24-22(25-11)26-19-12(2)20(14-5-6-14)27(13(3)28)17-10-18(30-4)16(21(23)29)9-15(17)19/h7-10,12,14,19-20H,5-6H2,1-4H3,(H2,23,29)(H,24,25,26)/t12-,19?,20?/m1/s1. The number of aryl methyl sites for hydroxylation is 1. The van der Waals surface area contributed by atoms with Crippen LogP contribution in [0.4, 0.5) is 11.6 Å². The molecule has 30 heavy (non-hydrogen) atoms. The Morgan fingerprint density at radius 3 is 2.60 bits per heavy atom. The molecule has 0 spiro atoms. The van der Waals surface area contributed by atoms with Gasteiger partial charge in [0, 0.05) is 36.8 Å². The van der Waals surface area contributed by atoms with Gasteiger partial charge in [-0.15, -0.1) is 0 Å². The third kappa shape index (κ3) is 3.46. The average molecular weight is 409 g/mol. The van der Waals surface area contributed by atoms with Gasteiger partial charge in [-0.3, -0.25) is 9.59 Å². The minimum atomic E-state index is -0.577. The maximum Gasteiger partial charge on any atom is 0.252 e. The highest BCUT2D eigenvalue weighted by atomic mass is 16.5. The largest absolute Gasteiger partial charge is 0.496 e. The number of carbonyl (C=O) groups excluding carboxylic acids is 2. The lowest BCUT2D eigenvalue weighted by molar-refractivity contribution is -0.117. The summed E-state index contributed by atoms with van der Waals surface area (Å²) in [4.78, 5) is 35.5. The van der Waals surface area contributed by atoms with Crippen molar-refractivity contribution in [2.24, 2.45) is 17.6 Å². The Hall–Kier alpha value is -3.16. The van der Waals surface area contributed by atoms with E-state index < -0.39 is 5.91 Å². The first-order valence-electron chi connectivity index (χ1n) is 10.2. The summed E-state index contributed by atoms with van der Waals surface area (Å²) in [6.07, 6.45) is 3.90. The summed E-state index contributed by atoms with van der Waals surface area (Å²) in [6.45, 7) is 5.62. The number of benzene rings is 1. The summed E-state index contributed by atoms with van der Waals surface area (Å²) in [5.74, 6) is 0.793. The number of anilines is 2. The molecule has 3 N–H and O–H groups in total. The maximum atomic E-state index is 12.7. The number of amides is 2. The van der Waals surface area contributed by atoms with Crippen LogP contribution in [-0.2, 0) is 4.79 Å². The molecular weight excluding hydrogens is 382 g/mol. The van der Waals surface area contributed by atoms with Crippen LogP contribution in [0, 0.1) is 18.8 Å². The predicted octanol–water partition coefficient (Wildman–Crippen LogP) is 2.83. The smallest absolute Gasteiger partial charge is 0.252 e. The first-order valence-corrected chi connectivity index (χ1v) is 10.2. The Morgan fingerprint density at radius 1 is 1.30 bits per heavy atom. The fraction of sp³-hybridized carbons (Fsp3) is 0.455. The molecule has 1 aliphatic carbocycles. The van der Waals surface area contributed by atoms with Crippen molar-refractivity contribution in [1.29, 1.82) is 0 Å². The molecule has 1 aliphatic heterocycles. The van der Waals surface area contributed by atoms with Crippen molar-refractivity contribution in [2.45, 2.75) is 45.7 Å². The van der Waals surface area contributed by atoms with Gasteiger partial charge in [0.25, 0.3) is 5.91 Å². The number of nitrogens with zero attached hydrogens (tertiary/aromatic N) is 3. The molecule has 2 aliphatic rings. The van der Waals surface area contributed by atoms with E-state index in [0.29, 0.717) is 17.6 Å². The molecule has 1 saturated carbocycles. The monoisotopic (exact) mass is 409 g/mol. The quantitative estimate of drug-likeness (QED) is 0.786. The molecule has 2 aromatic rings. The van der Waals surface area contributed by atoms with E-state index in [-0.39, 0.29) is 29.5 Å². The summed E-state index contributed by atoms with van der Waals surface area (Å²) >= 11 is 0. The lowest BCUT2D eigenvalue weighted by Gasteiger charge is -2.46. The molecular formula is C22H27N5O3. The molecule has 1 aromatic carbocycles. The zero-order valence-corrected chi connectivity index (χ0v) is 17.7. The van der Waals surface area contributed by atoms with Gasteiger partial charge in [0.2, 0.25) is 11.9 Å². The van der Waals surface area contributed by atoms with E-state index in [4.69, 9.17) is 10.5 Å². The van der Waals surface area contributed by atoms with Crippen LogP contribution in [-0.4, -0.2) is 34.9 Å². The number of aromatic nitrogens is 2. The molecule has 8 nitrogen and oxygen atoms in total. The number of rotatable bonds is 5. The minimum absolute atomic E-state index is 0.0286. The maximum absolute atomic E-state index is 12.7. The molecule has 2 heterocycles. The van der Waals surface area contributed by atoms with E-state index in [1.165, 1.54) is 7.11 Å². The van der Waals surface area contributed by atoms with E-state index in [9.17, 15) is 9.59 Å². The van der Waals surface area contributed by atoms with Crippen molar-refractivity contribution in [3.05, 3.63) is 41.2 Å². The van der Waals surface area contributed by atoms with Crippen LogP contribution >= 0.6 is 0 Å². The Bertz CT molecular complexity index is 1000. The molecule has 3 atom stereocenters. The zero-order valence-electron chi connectivity index (χ0n) is 17.7. The van der Waals surface area contributed by atoms with Crippen molar-refractivity contribution < 1.29 is 14.3 Å². The van der Waals surface area contributed by atoms with Crippen molar-refractivity contribution in [2.75, 3.05) is 17.3 Å². The number of nitrogens with two attached hydrogens (primary N) is 1. The van der Waals surface area contributed by atoms with Gasteiger partial charge < -0.3 is 20.7 Å². The Morgan fingerprint density at radius 2 is 2.03 bits per heavy atom. The van der Waals surface area contributed by atoms with Crippen LogP contribution in [0.3, 0.4) is 0 Å². The first kappa shape index (κ1) is 20.1. The number of fused-ring (bicyclic) bond motifs is 1. The molecule has 8 heteroatoms. The SMILES string of the molecule is COc1cc2c(cc1C(N)=O)C(Nc1nccc(C)n1)[C@@H](C)C(C1CC1)N2C(C)=O. The van der Waals surface area contributed by atoms with Gasteiger partial charge >= 0.3 is 0 Å². The summed E-state index contributed by atoms with van der Waals surface area (Å²) < 4.78 is 5.42. The summed E-state index contributed by atoms with van der Waals surface area (Å²) in [5.41, 5.74) is 8.31. The van der Waals surface area contributed by atoms with Crippen molar-refractivity contribution in [3.63, 3.8) is 0 Å². The zero-order chi connectivity index (χ0) is 21.6. The van der Waals surface area contributed by atoms with Gasteiger partial charge in [-0.05, 0) is 43.4 Å². The van der Waals surface area contributed by atoms with E-state index in [1.54, 1.807) is 25.3 Å². The third-order valence-electron chi connectivity index (χ3n) is 6.10. The second kappa shape index (κ2) is 7.59. The number of ether oxygens (including phenoxy) is 1. The number of hydrogen-bond donors (Lipinski definition) is 2. The van der Waals surface area contributed by atoms with Crippen LogP contribution in [0.15, 0.2) is 24.4 Å². The van der Waals surface area contributed by atoms with Crippen LogP contribution in [0.5, 0.6) is 5.75 Å².